The molecule has 1 atom stereocenters. The van der Waals surface area contributed by atoms with Crippen molar-refractivity contribution in [3.63, 3.8) is 0 Å². The number of rotatable bonds is 2. The van der Waals surface area contributed by atoms with Crippen LogP contribution in [0.2, 0.25) is 0 Å². The Morgan fingerprint density at radius 3 is 2.88 bits per heavy atom. The monoisotopic (exact) mass is 220 g/mol. The molecule has 0 spiro atoms. The Morgan fingerprint density at radius 2 is 2.25 bits per heavy atom. The summed E-state index contributed by atoms with van der Waals surface area (Å²) >= 11 is 0. The van der Waals surface area contributed by atoms with E-state index in [2.05, 4.69) is 37.1 Å². The molecule has 0 saturated heterocycles. The van der Waals surface area contributed by atoms with Gasteiger partial charge in [0.2, 0.25) is 0 Å². The van der Waals surface area contributed by atoms with Crippen LogP contribution in [0, 0.1) is 0 Å². The lowest BCUT2D eigenvalue weighted by Gasteiger charge is -2.40. The van der Waals surface area contributed by atoms with Crippen LogP contribution in [0.4, 0.5) is 11.4 Å². The zero-order chi connectivity index (χ0) is 11.7. The number of hydrogen-bond acceptors (Lipinski definition) is 3. The molecular formula is C13H20N2O. The van der Waals surface area contributed by atoms with Crippen LogP contribution < -0.4 is 10.2 Å². The maximum absolute atomic E-state index is 9.12. The van der Waals surface area contributed by atoms with Crippen molar-refractivity contribution >= 4 is 11.4 Å². The van der Waals surface area contributed by atoms with E-state index in [-0.39, 0.29) is 6.61 Å². The third-order valence-electron chi connectivity index (χ3n) is 3.14. The second-order valence-corrected chi connectivity index (χ2v) is 4.74. The van der Waals surface area contributed by atoms with Gasteiger partial charge in [-0.2, -0.15) is 0 Å². The van der Waals surface area contributed by atoms with Gasteiger partial charge in [-0.15, -0.1) is 0 Å². The Balaban J connectivity index is 2.40. The van der Waals surface area contributed by atoms with Gasteiger partial charge in [-0.05, 0) is 38.5 Å². The third-order valence-corrected chi connectivity index (χ3v) is 3.14. The van der Waals surface area contributed by atoms with E-state index in [1.807, 2.05) is 12.1 Å². The number of nitrogens with zero attached hydrogens (tertiary/aromatic N) is 1. The number of hydrogen-bond donors (Lipinski definition) is 2. The zero-order valence-corrected chi connectivity index (χ0v) is 10.2. The highest BCUT2D eigenvalue weighted by Gasteiger charge is 2.24. The van der Waals surface area contributed by atoms with E-state index in [1.54, 1.807) is 0 Å². The topological polar surface area (TPSA) is 35.5 Å². The van der Waals surface area contributed by atoms with E-state index in [1.165, 1.54) is 5.69 Å². The molecule has 3 heteroatoms. The fourth-order valence-corrected chi connectivity index (χ4v) is 2.43. The number of benzene rings is 1. The molecular weight excluding hydrogens is 200 g/mol. The van der Waals surface area contributed by atoms with Crippen molar-refractivity contribution in [2.75, 3.05) is 16.8 Å². The van der Waals surface area contributed by atoms with Gasteiger partial charge in [-0.25, -0.2) is 0 Å². The van der Waals surface area contributed by atoms with E-state index in [0.29, 0.717) is 12.1 Å². The average molecular weight is 220 g/mol. The number of aliphatic hydroxyl groups is 1. The SMILES string of the molecule is CC(C)N1c2ccc(CO)cc2NCC1C. The Kier molecular flexibility index (Phi) is 3.06. The number of nitrogens with one attached hydrogen (secondary N) is 1. The molecule has 0 fully saturated rings. The molecule has 1 aromatic carbocycles. The largest absolute Gasteiger partial charge is 0.392 e. The molecule has 1 aliphatic heterocycles. The van der Waals surface area contributed by atoms with Crippen molar-refractivity contribution in [3.8, 4) is 0 Å². The van der Waals surface area contributed by atoms with E-state index >= 15 is 0 Å². The zero-order valence-electron chi connectivity index (χ0n) is 10.2. The summed E-state index contributed by atoms with van der Waals surface area (Å²) < 4.78 is 0. The Bertz CT molecular complexity index is 376. The lowest BCUT2D eigenvalue weighted by atomic mass is 10.1. The maximum atomic E-state index is 9.12. The molecule has 3 nitrogen and oxygen atoms in total. The lowest BCUT2D eigenvalue weighted by Crippen LogP contribution is -2.46. The van der Waals surface area contributed by atoms with Gasteiger partial charge in [-0.3, -0.25) is 0 Å². The highest BCUT2D eigenvalue weighted by Crippen LogP contribution is 2.33. The van der Waals surface area contributed by atoms with Crippen molar-refractivity contribution < 1.29 is 5.11 Å². The first-order valence-electron chi connectivity index (χ1n) is 5.89. The van der Waals surface area contributed by atoms with Gasteiger partial charge in [0.05, 0.1) is 18.0 Å². The van der Waals surface area contributed by atoms with Crippen LogP contribution in [-0.2, 0) is 6.61 Å². The Hall–Kier alpha value is -1.22. The number of fused-ring (bicyclic) bond motifs is 1. The summed E-state index contributed by atoms with van der Waals surface area (Å²) in [5, 5.41) is 12.5. The second kappa shape index (κ2) is 4.34. The molecule has 0 saturated carbocycles. The van der Waals surface area contributed by atoms with Crippen molar-refractivity contribution in [1.29, 1.82) is 0 Å². The molecule has 88 valence electrons. The molecule has 0 bridgehead atoms. The summed E-state index contributed by atoms with van der Waals surface area (Å²) in [6.45, 7) is 7.72. The highest BCUT2D eigenvalue weighted by molar-refractivity contribution is 5.73. The predicted octanol–water partition coefficient (Wildman–Crippen LogP) is 2.21. The lowest BCUT2D eigenvalue weighted by molar-refractivity contribution is 0.282. The molecule has 1 unspecified atom stereocenters. The molecule has 0 radical (unpaired) electrons. The summed E-state index contributed by atoms with van der Waals surface area (Å²) in [7, 11) is 0. The first kappa shape index (κ1) is 11.3. The van der Waals surface area contributed by atoms with Crippen LogP contribution in [0.1, 0.15) is 26.3 Å². The quantitative estimate of drug-likeness (QED) is 0.802. The minimum atomic E-state index is 0.103. The maximum Gasteiger partial charge on any atom is 0.0682 e. The van der Waals surface area contributed by atoms with Gasteiger partial charge in [-0.1, -0.05) is 6.07 Å². The van der Waals surface area contributed by atoms with Crippen LogP contribution in [0.25, 0.3) is 0 Å². The second-order valence-electron chi connectivity index (χ2n) is 4.74. The normalized spacial score (nSPS) is 19.6. The molecule has 0 amide bonds. The van der Waals surface area contributed by atoms with Gasteiger partial charge >= 0.3 is 0 Å². The molecule has 2 rings (SSSR count). The van der Waals surface area contributed by atoms with Gasteiger partial charge in [0, 0.05) is 18.6 Å². The van der Waals surface area contributed by atoms with Crippen molar-refractivity contribution in [1.82, 2.24) is 0 Å². The van der Waals surface area contributed by atoms with E-state index in [9.17, 15) is 0 Å². The van der Waals surface area contributed by atoms with Gasteiger partial charge in [0.25, 0.3) is 0 Å². The van der Waals surface area contributed by atoms with Crippen LogP contribution in [0.3, 0.4) is 0 Å². The standard InChI is InChI=1S/C13H20N2O/c1-9(2)15-10(3)7-14-12-6-11(8-16)4-5-13(12)15/h4-6,9-10,14,16H,7-8H2,1-3H3. The minimum absolute atomic E-state index is 0.103. The predicted molar refractivity (Wildman–Crippen MR) is 67.9 cm³/mol. The van der Waals surface area contributed by atoms with E-state index in [4.69, 9.17) is 5.11 Å². The molecule has 1 aliphatic rings. The molecule has 16 heavy (non-hydrogen) atoms. The first-order chi connectivity index (χ1) is 7.63. The smallest absolute Gasteiger partial charge is 0.0682 e. The minimum Gasteiger partial charge on any atom is -0.392 e. The summed E-state index contributed by atoms with van der Waals surface area (Å²) in [5.41, 5.74) is 3.34. The van der Waals surface area contributed by atoms with Gasteiger partial charge < -0.3 is 15.3 Å². The van der Waals surface area contributed by atoms with Crippen molar-refractivity contribution in [3.05, 3.63) is 23.8 Å². The fourth-order valence-electron chi connectivity index (χ4n) is 2.43. The molecule has 2 N–H and O–H groups in total. The summed E-state index contributed by atoms with van der Waals surface area (Å²) in [5.74, 6) is 0. The molecule has 0 aromatic heterocycles. The van der Waals surface area contributed by atoms with Gasteiger partial charge in [0.1, 0.15) is 0 Å². The average Bonchev–Trinajstić information content (AvgIpc) is 2.27. The van der Waals surface area contributed by atoms with E-state index in [0.717, 1.165) is 17.8 Å². The summed E-state index contributed by atoms with van der Waals surface area (Å²) in [6.07, 6.45) is 0. The van der Waals surface area contributed by atoms with E-state index < -0.39 is 0 Å². The Labute approximate surface area is 97.1 Å². The van der Waals surface area contributed by atoms with Crippen LogP contribution in [0.15, 0.2) is 18.2 Å². The molecule has 0 aliphatic carbocycles. The third kappa shape index (κ3) is 1.87. The van der Waals surface area contributed by atoms with Crippen molar-refractivity contribution in [2.24, 2.45) is 0 Å². The van der Waals surface area contributed by atoms with Crippen LogP contribution in [0.5, 0.6) is 0 Å². The van der Waals surface area contributed by atoms with Gasteiger partial charge in [0.15, 0.2) is 0 Å². The first-order valence-corrected chi connectivity index (χ1v) is 5.89. The number of aliphatic hydroxyl groups excluding tert-OH is 1. The molecule has 1 aromatic rings. The van der Waals surface area contributed by atoms with Crippen molar-refractivity contribution in [2.45, 2.75) is 39.5 Å². The molecule has 1 heterocycles. The van der Waals surface area contributed by atoms with Crippen LogP contribution in [-0.4, -0.2) is 23.7 Å². The van der Waals surface area contributed by atoms with Crippen LogP contribution >= 0.6 is 0 Å². The summed E-state index contributed by atoms with van der Waals surface area (Å²) in [6, 6.07) is 7.14. The Morgan fingerprint density at radius 1 is 1.50 bits per heavy atom. The number of anilines is 2. The fraction of sp³-hybridized carbons (Fsp3) is 0.538. The summed E-state index contributed by atoms with van der Waals surface area (Å²) in [4.78, 5) is 2.42. The highest BCUT2D eigenvalue weighted by atomic mass is 16.3.